The molecule has 0 amide bonds. The Morgan fingerprint density at radius 1 is 1.37 bits per heavy atom. The summed E-state index contributed by atoms with van der Waals surface area (Å²) in [4.78, 5) is 8.31. The van der Waals surface area contributed by atoms with E-state index < -0.39 is 0 Å². The van der Waals surface area contributed by atoms with Gasteiger partial charge in [0.2, 0.25) is 5.89 Å². The summed E-state index contributed by atoms with van der Waals surface area (Å²) in [6.07, 6.45) is 5.97. The summed E-state index contributed by atoms with van der Waals surface area (Å²) in [6.45, 7) is 3.46. The summed E-state index contributed by atoms with van der Waals surface area (Å²) in [5, 5.41) is 11.2. The highest BCUT2D eigenvalue weighted by Crippen LogP contribution is 2.04. The Bertz CT molecular complexity index is 660. The van der Waals surface area contributed by atoms with Crippen molar-refractivity contribution < 1.29 is 4.52 Å². The second-order valence-electron chi connectivity index (χ2n) is 4.31. The maximum Gasteiger partial charge on any atom is 0.227 e. The van der Waals surface area contributed by atoms with E-state index in [4.69, 9.17) is 4.52 Å². The molecule has 1 N–H and O–H groups in total. The van der Waals surface area contributed by atoms with Crippen LogP contribution in [0.1, 0.15) is 17.1 Å². The highest BCUT2D eigenvalue weighted by atomic mass is 16.5. The largest absolute Gasteiger partial charge is 0.340 e. The number of aryl methyl sites for hydroxylation is 1. The zero-order valence-electron chi connectivity index (χ0n) is 10.6. The molecule has 0 unspecified atom stereocenters. The molecule has 7 heteroatoms. The van der Waals surface area contributed by atoms with E-state index in [1.807, 2.05) is 25.4 Å². The summed E-state index contributed by atoms with van der Waals surface area (Å²) in [5.74, 6) is 0.642. The standard InChI is InChI=1S/C12H14N6O/c1-9-4-11-14-6-10(7-18(11)17-9)5-13-3-2-12-15-8-16-19-12/h4,6-8,13H,2-3,5H2,1H3. The molecule has 7 nitrogen and oxygen atoms in total. The Kier molecular flexibility index (Phi) is 3.20. The number of aromatic nitrogens is 5. The van der Waals surface area contributed by atoms with Gasteiger partial charge in [-0.25, -0.2) is 9.50 Å². The molecule has 0 fully saturated rings. The van der Waals surface area contributed by atoms with Crippen LogP contribution < -0.4 is 5.32 Å². The van der Waals surface area contributed by atoms with Gasteiger partial charge in [0.05, 0.1) is 5.69 Å². The van der Waals surface area contributed by atoms with E-state index in [0.29, 0.717) is 5.89 Å². The first-order valence-corrected chi connectivity index (χ1v) is 6.08. The van der Waals surface area contributed by atoms with Gasteiger partial charge < -0.3 is 9.84 Å². The molecule has 0 radical (unpaired) electrons. The van der Waals surface area contributed by atoms with Crippen molar-refractivity contribution in [2.75, 3.05) is 6.54 Å². The third kappa shape index (κ3) is 2.76. The van der Waals surface area contributed by atoms with Gasteiger partial charge >= 0.3 is 0 Å². The fourth-order valence-electron chi connectivity index (χ4n) is 1.86. The molecule has 3 aromatic rings. The molecule has 0 saturated carbocycles. The van der Waals surface area contributed by atoms with Crippen LogP contribution in [-0.4, -0.2) is 31.3 Å². The van der Waals surface area contributed by atoms with E-state index >= 15 is 0 Å². The number of nitrogens with one attached hydrogen (secondary N) is 1. The lowest BCUT2D eigenvalue weighted by Crippen LogP contribution is -2.17. The SMILES string of the molecule is Cc1cc2ncc(CNCCc3ncno3)cn2n1. The predicted octanol–water partition coefficient (Wildman–Crippen LogP) is 0.753. The van der Waals surface area contributed by atoms with Gasteiger partial charge in [0.15, 0.2) is 12.0 Å². The lowest BCUT2D eigenvalue weighted by molar-refractivity contribution is 0.375. The molecule has 0 saturated heterocycles. The van der Waals surface area contributed by atoms with Gasteiger partial charge in [-0.3, -0.25) is 0 Å². The lowest BCUT2D eigenvalue weighted by atomic mass is 10.3. The fraction of sp³-hybridized carbons (Fsp3) is 0.333. The molecular formula is C12H14N6O. The Labute approximate surface area is 109 Å². The van der Waals surface area contributed by atoms with Crippen molar-refractivity contribution in [2.45, 2.75) is 19.9 Å². The Balaban J connectivity index is 1.56. The summed E-state index contributed by atoms with van der Waals surface area (Å²) < 4.78 is 6.71. The van der Waals surface area contributed by atoms with Crippen LogP contribution in [0.2, 0.25) is 0 Å². The van der Waals surface area contributed by atoms with Gasteiger partial charge in [-0.15, -0.1) is 0 Å². The second-order valence-corrected chi connectivity index (χ2v) is 4.31. The molecule has 0 aliphatic carbocycles. The number of hydrogen-bond donors (Lipinski definition) is 1. The van der Waals surface area contributed by atoms with Crippen LogP contribution in [0.15, 0.2) is 29.3 Å². The van der Waals surface area contributed by atoms with Crippen LogP contribution in [0.3, 0.4) is 0 Å². The second kappa shape index (κ2) is 5.15. The zero-order chi connectivity index (χ0) is 13.1. The number of nitrogens with zero attached hydrogens (tertiary/aromatic N) is 5. The van der Waals surface area contributed by atoms with Crippen molar-refractivity contribution in [1.82, 2.24) is 30.1 Å². The van der Waals surface area contributed by atoms with Crippen LogP contribution in [0.5, 0.6) is 0 Å². The van der Waals surface area contributed by atoms with Crippen LogP contribution in [0, 0.1) is 6.92 Å². The molecule has 3 heterocycles. The number of hydrogen-bond acceptors (Lipinski definition) is 6. The molecule has 0 bridgehead atoms. The van der Waals surface area contributed by atoms with E-state index in [1.165, 1.54) is 6.33 Å². The monoisotopic (exact) mass is 258 g/mol. The van der Waals surface area contributed by atoms with E-state index in [9.17, 15) is 0 Å². The maximum absolute atomic E-state index is 4.92. The van der Waals surface area contributed by atoms with Gasteiger partial charge in [-0.1, -0.05) is 5.16 Å². The van der Waals surface area contributed by atoms with E-state index in [0.717, 1.165) is 36.4 Å². The van der Waals surface area contributed by atoms with Crippen LogP contribution in [0.25, 0.3) is 5.65 Å². The van der Waals surface area contributed by atoms with Gasteiger partial charge in [-0.05, 0) is 6.92 Å². The third-order valence-corrected chi connectivity index (χ3v) is 2.74. The topological polar surface area (TPSA) is 81.1 Å². The van der Waals surface area contributed by atoms with Crippen molar-refractivity contribution in [3.63, 3.8) is 0 Å². The quantitative estimate of drug-likeness (QED) is 0.680. The minimum absolute atomic E-state index is 0.642. The molecule has 0 atom stereocenters. The van der Waals surface area contributed by atoms with Crippen molar-refractivity contribution in [3.8, 4) is 0 Å². The van der Waals surface area contributed by atoms with Crippen LogP contribution in [-0.2, 0) is 13.0 Å². The molecule has 0 aliphatic heterocycles. The number of rotatable bonds is 5. The molecule has 98 valence electrons. The molecule has 3 aromatic heterocycles. The first-order valence-electron chi connectivity index (χ1n) is 6.08. The minimum atomic E-state index is 0.642. The molecule has 0 aromatic carbocycles. The third-order valence-electron chi connectivity index (χ3n) is 2.74. The normalized spacial score (nSPS) is 11.2. The van der Waals surface area contributed by atoms with E-state index in [-0.39, 0.29) is 0 Å². The van der Waals surface area contributed by atoms with Crippen molar-refractivity contribution >= 4 is 5.65 Å². The average Bonchev–Trinajstić information content (AvgIpc) is 3.02. The van der Waals surface area contributed by atoms with Gasteiger partial charge in [-0.2, -0.15) is 10.1 Å². The zero-order valence-corrected chi connectivity index (χ0v) is 10.6. The van der Waals surface area contributed by atoms with E-state index in [1.54, 1.807) is 4.52 Å². The van der Waals surface area contributed by atoms with Crippen molar-refractivity contribution in [3.05, 3.63) is 41.9 Å². The van der Waals surface area contributed by atoms with Crippen molar-refractivity contribution in [1.29, 1.82) is 0 Å². The molecule has 0 spiro atoms. The maximum atomic E-state index is 4.92. The van der Waals surface area contributed by atoms with Gasteiger partial charge in [0.1, 0.15) is 0 Å². The summed E-state index contributed by atoms with van der Waals surface area (Å²) in [5.41, 5.74) is 2.92. The molecule has 0 aliphatic rings. The van der Waals surface area contributed by atoms with Crippen molar-refractivity contribution in [2.24, 2.45) is 0 Å². The molecular weight excluding hydrogens is 244 g/mol. The van der Waals surface area contributed by atoms with Gasteiger partial charge in [0, 0.05) is 43.5 Å². The molecule has 3 rings (SSSR count). The van der Waals surface area contributed by atoms with Crippen LogP contribution in [0.4, 0.5) is 0 Å². The highest BCUT2D eigenvalue weighted by Gasteiger charge is 2.01. The summed E-state index contributed by atoms with van der Waals surface area (Å²) in [6, 6.07) is 1.95. The average molecular weight is 258 g/mol. The summed E-state index contributed by atoms with van der Waals surface area (Å²) >= 11 is 0. The number of fused-ring (bicyclic) bond motifs is 1. The predicted molar refractivity (Wildman–Crippen MR) is 67.4 cm³/mol. The first kappa shape index (κ1) is 11.8. The minimum Gasteiger partial charge on any atom is -0.340 e. The first-order chi connectivity index (χ1) is 9.31. The summed E-state index contributed by atoms with van der Waals surface area (Å²) in [7, 11) is 0. The van der Waals surface area contributed by atoms with E-state index in [2.05, 4.69) is 25.5 Å². The fourth-order valence-corrected chi connectivity index (χ4v) is 1.86. The lowest BCUT2D eigenvalue weighted by Gasteiger charge is -2.03. The highest BCUT2D eigenvalue weighted by molar-refractivity contribution is 5.38. The van der Waals surface area contributed by atoms with Gasteiger partial charge in [0.25, 0.3) is 0 Å². The Hall–Kier alpha value is -2.28. The Morgan fingerprint density at radius 3 is 3.16 bits per heavy atom. The Morgan fingerprint density at radius 2 is 2.32 bits per heavy atom. The van der Waals surface area contributed by atoms with Crippen LogP contribution >= 0.6 is 0 Å². The smallest absolute Gasteiger partial charge is 0.227 e. The molecule has 19 heavy (non-hydrogen) atoms.